The molecule has 0 aromatic heterocycles. The molecule has 0 aliphatic heterocycles. The van der Waals surface area contributed by atoms with Gasteiger partial charge in [0.1, 0.15) is 0 Å². The van der Waals surface area contributed by atoms with E-state index in [1.807, 2.05) is 12.1 Å². The fraction of sp³-hybridized carbons (Fsp3) is 0.364. The van der Waals surface area contributed by atoms with E-state index in [1.165, 1.54) is 9.80 Å². The molecule has 3 N–H and O–H groups in total. The Kier molecular flexibility index (Phi) is 5.14. The van der Waals surface area contributed by atoms with Crippen molar-refractivity contribution in [2.45, 2.75) is 18.4 Å². The van der Waals surface area contributed by atoms with Gasteiger partial charge in [0.05, 0.1) is 0 Å². The second-order valence-corrected chi connectivity index (χ2v) is 4.72. The van der Waals surface area contributed by atoms with E-state index < -0.39 is 0 Å². The van der Waals surface area contributed by atoms with Gasteiger partial charge in [0, 0.05) is 18.5 Å². The highest BCUT2D eigenvalue weighted by Gasteiger charge is 2.06. The van der Waals surface area contributed by atoms with Gasteiger partial charge in [0.2, 0.25) is 0 Å². The quantitative estimate of drug-likeness (QED) is 0.365. The number of nitrogens with one attached hydrogen (secondary N) is 1. The fourth-order valence-electron chi connectivity index (χ4n) is 1.31. The number of hydrazine groups is 1. The van der Waals surface area contributed by atoms with Crippen molar-refractivity contribution in [2.24, 2.45) is 5.84 Å². The van der Waals surface area contributed by atoms with Crippen LogP contribution in [0, 0.1) is 0 Å². The smallest absolute Gasteiger partial charge is 0.322 e. The van der Waals surface area contributed by atoms with Crippen LogP contribution in [0.2, 0.25) is 0 Å². The molecule has 0 spiro atoms. The molecule has 1 aromatic carbocycles. The number of nitrogens with zero attached hydrogens (tertiary/aromatic N) is 1. The third kappa shape index (κ3) is 3.75. The van der Waals surface area contributed by atoms with Crippen molar-refractivity contribution in [3.8, 4) is 0 Å². The van der Waals surface area contributed by atoms with Crippen molar-refractivity contribution in [3.63, 3.8) is 0 Å². The van der Waals surface area contributed by atoms with E-state index in [0.717, 1.165) is 11.3 Å². The van der Waals surface area contributed by atoms with E-state index in [-0.39, 0.29) is 6.03 Å². The van der Waals surface area contributed by atoms with Crippen molar-refractivity contribution < 1.29 is 4.79 Å². The zero-order valence-electron chi connectivity index (χ0n) is 9.56. The van der Waals surface area contributed by atoms with Crippen LogP contribution in [-0.2, 0) is 6.54 Å². The van der Waals surface area contributed by atoms with Gasteiger partial charge in [0.25, 0.3) is 0 Å². The Morgan fingerprint density at radius 3 is 2.56 bits per heavy atom. The molecule has 16 heavy (non-hydrogen) atoms. The maximum atomic E-state index is 11.2. The van der Waals surface area contributed by atoms with Crippen LogP contribution in [0.15, 0.2) is 29.2 Å². The fourth-order valence-corrected chi connectivity index (χ4v) is 1.98. The number of thioether (sulfide) groups is 1. The number of carbonyl (C=O) groups is 1. The summed E-state index contributed by atoms with van der Waals surface area (Å²) in [6.45, 7) is 2.68. The monoisotopic (exact) mass is 239 g/mol. The van der Waals surface area contributed by atoms with Gasteiger partial charge in [-0.05, 0) is 23.4 Å². The Morgan fingerprint density at radius 1 is 1.44 bits per heavy atom. The molecule has 0 aliphatic carbocycles. The number of hydrogen-bond donors (Lipinski definition) is 2. The molecule has 0 unspecified atom stereocenters. The van der Waals surface area contributed by atoms with Crippen molar-refractivity contribution in [1.29, 1.82) is 0 Å². The standard InChI is InChI=1S/C11H17N3OS/c1-3-16-10-6-4-9(5-7-10)8-14(2)11(15)13-12/h4-7H,3,8,12H2,1-2H3,(H,13,15). The second kappa shape index (κ2) is 6.40. The lowest BCUT2D eigenvalue weighted by molar-refractivity contribution is 0.207. The predicted molar refractivity (Wildman–Crippen MR) is 67.0 cm³/mol. The molecule has 0 aliphatic rings. The minimum atomic E-state index is -0.285. The lowest BCUT2D eigenvalue weighted by Gasteiger charge is -2.16. The van der Waals surface area contributed by atoms with E-state index in [1.54, 1.807) is 18.8 Å². The summed E-state index contributed by atoms with van der Waals surface area (Å²) in [4.78, 5) is 13.9. The summed E-state index contributed by atoms with van der Waals surface area (Å²) in [5.41, 5.74) is 3.19. The molecule has 0 bridgehead atoms. The van der Waals surface area contributed by atoms with Gasteiger partial charge >= 0.3 is 6.03 Å². The van der Waals surface area contributed by atoms with E-state index in [2.05, 4.69) is 24.5 Å². The highest BCUT2D eigenvalue weighted by molar-refractivity contribution is 7.99. The third-order valence-electron chi connectivity index (χ3n) is 2.12. The zero-order valence-corrected chi connectivity index (χ0v) is 10.4. The first-order valence-corrected chi connectivity index (χ1v) is 6.09. The van der Waals surface area contributed by atoms with Crippen LogP contribution in [-0.4, -0.2) is 23.7 Å². The first-order chi connectivity index (χ1) is 7.67. The molecule has 88 valence electrons. The Hall–Kier alpha value is -1.20. The third-order valence-corrected chi connectivity index (χ3v) is 3.02. The topological polar surface area (TPSA) is 58.4 Å². The normalized spacial score (nSPS) is 9.94. The van der Waals surface area contributed by atoms with Crippen LogP contribution >= 0.6 is 11.8 Å². The van der Waals surface area contributed by atoms with Gasteiger partial charge in [-0.25, -0.2) is 10.6 Å². The summed E-state index contributed by atoms with van der Waals surface area (Å²) >= 11 is 1.80. The Labute approximate surface area is 100 Å². The number of benzene rings is 1. The minimum Gasteiger partial charge on any atom is -0.322 e. The van der Waals surface area contributed by atoms with E-state index >= 15 is 0 Å². The second-order valence-electron chi connectivity index (χ2n) is 3.38. The molecule has 5 heteroatoms. The highest BCUT2D eigenvalue weighted by Crippen LogP contribution is 2.18. The Balaban J connectivity index is 2.58. The first-order valence-electron chi connectivity index (χ1n) is 5.10. The van der Waals surface area contributed by atoms with Crippen molar-refractivity contribution in [3.05, 3.63) is 29.8 Å². The SMILES string of the molecule is CCSc1ccc(CN(C)C(=O)NN)cc1. The summed E-state index contributed by atoms with van der Waals surface area (Å²) < 4.78 is 0. The van der Waals surface area contributed by atoms with E-state index in [0.29, 0.717) is 6.54 Å². The van der Waals surface area contributed by atoms with Crippen molar-refractivity contribution in [1.82, 2.24) is 10.3 Å². The molecule has 0 atom stereocenters. The highest BCUT2D eigenvalue weighted by atomic mass is 32.2. The molecule has 0 radical (unpaired) electrons. The van der Waals surface area contributed by atoms with Crippen LogP contribution in [0.5, 0.6) is 0 Å². The van der Waals surface area contributed by atoms with Gasteiger partial charge in [-0.3, -0.25) is 5.43 Å². The van der Waals surface area contributed by atoms with Crippen LogP contribution in [0.25, 0.3) is 0 Å². The molecule has 0 saturated carbocycles. The molecule has 0 saturated heterocycles. The number of urea groups is 1. The Morgan fingerprint density at radius 2 is 2.06 bits per heavy atom. The predicted octanol–water partition coefficient (Wildman–Crippen LogP) is 1.81. The van der Waals surface area contributed by atoms with Gasteiger partial charge in [-0.15, -0.1) is 11.8 Å². The average Bonchev–Trinajstić information content (AvgIpc) is 2.31. The average molecular weight is 239 g/mol. The summed E-state index contributed by atoms with van der Waals surface area (Å²) in [6, 6.07) is 7.90. The van der Waals surface area contributed by atoms with Gasteiger partial charge < -0.3 is 4.90 Å². The molecule has 1 rings (SSSR count). The maximum Gasteiger partial charge on any atom is 0.331 e. The summed E-state index contributed by atoms with van der Waals surface area (Å²) in [6.07, 6.45) is 0. The van der Waals surface area contributed by atoms with E-state index in [9.17, 15) is 4.79 Å². The number of rotatable bonds is 4. The largest absolute Gasteiger partial charge is 0.331 e. The maximum absolute atomic E-state index is 11.2. The van der Waals surface area contributed by atoms with Crippen molar-refractivity contribution >= 4 is 17.8 Å². The van der Waals surface area contributed by atoms with Crippen LogP contribution < -0.4 is 11.3 Å². The lowest BCUT2D eigenvalue weighted by atomic mass is 10.2. The molecular weight excluding hydrogens is 222 g/mol. The van der Waals surface area contributed by atoms with Gasteiger partial charge in [-0.2, -0.15) is 0 Å². The molecule has 0 fully saturated rings. The Bertz CT molecular complexity index is 340. The molecular formula is C11H17N3OS. The summed E-state index contributed by atoms with van der Waals surface area (Å²) in [7, 11) is 1.71. The lowest BCUT2D eigenvalue weighted by Crippen LogP contribution is -2.40. The summed E-state index contributed by atoms with van der Waals surface area (Å²) in [5, 5.41) is 0. The molecule has 0 heterocycles. The molecule has 2 amide bonds. The first kappa shape index (κ1) is 12.9. The number of nitrogens with two attached hydrogens (primary N) is 1. The van der Waals surface area contributed by atoms with Crippen LogP contribution in [0.4, 0.5) is 4.79 Å². The van der Waals surface area contributed by atoms with Gasteiger partial charge in [0.15, 0.2) is 0 Å². The van der Waals surface area contributed by atoms with Crippen LogP contribution in [0.3, 0.4) is 0 Å². The minimum absolute atomic E-state index is 0.285. The van der Waals surface area contributed by atoms with Gasteiger partial charge in [-0.1, -0.05) is 19.1 Å². The summed E-state index contributed by atoms with van der Waals surface area (Å²) in [5.74, 6) is 6.11. The van der Waals surface area contributed by atoms with Crippen LogP contribution in [0.1, 0.15) is 12.5 Å². The van der Waals surface area contributed by atoms with Crippen molar-refractivity contribution in [2.75, 3.05) is 12.8 Å². The number of carbonyl (C=O) groups excluding carboxylic acids is 1. The zero-order chi connectivity index (χ0) is 12.0. The molecule has 1 aromatic rings. The van der Waals surface area contributed by atoms with E-state index in [4.69, 9.17) is 5.84 Å². The number of amides is 2. The molecule has 4 nitrogen and oxygen atoms in total. The number of hydrogen-bond acceptors (Lipinski definition) is 3.